The van der Waals surface area contributed by atoms with Gasteiger partial charge in [0.15, 0.2) is 5.78 Å². The van der Waals surface area contributed by atoms with Gasteiger partial charge in [0, 0.05) is 35.4 Å². The number of carbonyl (C=O) groups excluding carboxylic acids is 2. The van der Waals surface area contributed by atoms with Crippen LogP contribution in [0.1, 0.15) is 41.3 Å². The van der Waals surface area contributed by atoms with Crippen molar-refractivity contribution >= 4 is 54.9 Å². The number of hydrogen-bond acceptors (Lipinski definition) is 4. The number of sulfonamides is 1. The lowest BCUT2D eigenvalue weighted by Gasteiger charge is -2.42. The van der Waals surface area contributed by atoms with Crippen LogP contribution in [0.3, 0.4) is 0 Å². The van der Waals surface area contributed by atoms with Crippen LogP contribution in [0.15, 0.2) is 76.1 Å². The maximum absolute atomic E-state index is 14.3. The molecule has 0 saturated carbocycles. The van der Waals surface area contributed by atoms with Crippen LogP contribution in [0, 0.1) is 0 Å². The number of rotatable bonds is 5. The van der Waals surface area contributed by atoms with Crippen molar-refractivity contribution in [3.05, 3.63) is 92.9 Å². The number of amides is 1. The van der Waals surface area contributed by atoms with E-state index >= 15 is 0 Å². The molecule has 0 spiro atoms. The number of benzene rings is 3. The van der Waals surface area contributed by atoms with Gasteiger partial charge in [0.2, 0.25) is 15.9 Å². The second-order valence-electron chi connectivity index (χ2n) is 9.54. The molecular formula is C28H26BrClN2O4S. The molecule has 3 aromatic carbocycles. The number of halogens is 2. The van der Waals surface area contributed by atoms with Crippen LogP contribution in [0.5, 0.6) is 0 Å². The predicted molar refractivity (Wildman–Crippen MR) is 148 cm³/mol. The van der Waals surface area contributed by atoms with Crippen molar-refractivity contribution < 1.29 is 18.0 Å². The van der Waals surface area contributed by atoms with Crippen LogP contribution in [0.4, 0.5) is 5.69 Å². The second-order valence-corrected chi connectivity index (χ2v) is 12.7. The maximum Gasteiger partial charge on any atom is 0.243 e. The van der Waals surface area contributed by atoms with Crippen molar-refractivity contribution in [1.82, 2.24) is 4.31 Å². The van der Waals surface area contributed by atoms with Gasteiger partial charge in [0.1, 0.15) is 0 Å². The first-order chi connectivity index (χ1) is 17.6. The van der Waals surface area contributed by atoms with E-state index in [1.807, 2.05) is 42.5 Å². The average molecular weight is 602 g/mol. The number of Topliss-reactive ketones (excluding diaryl/α,β-unsaturated/α-hetero) is 1. The van der Waals surface area contributed by atoms with Crippen LogP contribution < -0.4 is 4.90 Å². The van der Waals surface area contributed by atoms with Crippen molar-refractivity contribution in [2.45, 2.75) is 36.5 Å². The second kappa shape index (κ2) is 9.98. The molecule has 0 unspecified atom stereocenters. The fourth-order valence-corrected chi connectivity index (χ4v) is 7.40. The van der Waals surface area contributed by atoms with Gasteiger partial charge in [-0.15, -0.1) is 0 Å². The Bertz CT molecular complexity index is 1490. The van der Waals surface area contributed by atoms with Gasteiger partial charge < -0.3 is 4.90 Å². The van der Waals surface area contributed by atoms with Gasteiger partial charge >= 0.3 is 0 Å². The van der Waals surface area contributed by atoms with E-state index in [0.29, 0.717) is 30.0 Å². The molecule has 2 aliphatic rings. The van der Waals surface area contributed by atoms with E-state index in [9.17, 15) is 18.0 Å². The Morgan fingerprint density at radius 2 is 1.65 bits per heavy atom. The summed E-state index contributed by atoms with van der Waals surface area (Å²) in [6.07, 6.45) is 1.42. The number of anilines is 1. The average Bonchev–Trinajstić information content (AvgIpc) is 3.31. The van der Waals surface area contributed by atoms with Crippen molar-refractivity contribution in [2.75, 3.05) is 24.5 Å². The van der Waals surface area contributed by atoms with Crippen LogP contribution in [0.25, 0.3) is 0 Å². The molecule has 0 bridgehead atoms. The van der Waals surface area contributed by atoms with Gasteiger partial charge in [-0.25, -0.2) is 8.42 Å². The Hall–Kier alpha value is -2.52. The summed E-state index contributed by atoms with van der Waals surface area (Å²) in [4.78, 5) is 28.0. The number of piperidine rings is 1. The molecule has 1 amide bonds. The Morgan fingerprint density at radius 1 is 0.946 bits per heavy atom. The monoisotopic (exact) mass is 600 g/mol. The largest absolute Gasteiger partial charge is 0.311 e. The molecule has 0 aliphatic carbocycles. The fraction of sp³-hybridized carbons (Fsp3) is 0.286. The van der Waals surface area contributed by atoms with Gasteiger partial charge in [-0.3, -0.25) is 9.59 Å². The Balaban J connectivity index is 1.47. The number of carbonyl (C=O) groups is 2. The van der Waals surface area contributed by atoms with E-state index in [0.717, 1.165) is 27.7 Å². The molecule has 2 heterocycles. The molecule has 0 atom stereocenters. The summed E-state index contributed by atoms with van der Waals surface area (Å²) >= 11 is 9.85. The summed E-state index contributed by atoms with van der Waals surface area (Å²) in [5.41, 5.74) is 2.23. The van der Waals surface area contributed by atoms with Gasteiger partial charge in [-0.1, -0.05) is 54.1 Å². The van der Waals surface area contributed by atoms with Crippen molar-refractivity contribution in [3.8, 4) is 0 Å². The lowest BCUT2D eigenvalue weighted by Crippen LogP contribution is -2.53. The summed E-state index contributed by atoms with van der Waals surface area (Å²) in [7, 11) is -3.82. The van der Waals surface area contributed by atoms with E-state index < -0.39 is 15.4 Å². The highest BCUT2D eigenvalue weighted by Crippen LogP contribution is 2.43. The molecular weight excluding hydrogens is 576 g/mol. The third-order valence-corrected chi connectivity index (χ3v) is 10.5. The van der Waals surface area contributed by atoms with E-state index in [1.165, 1.54) is 23.4 Å². The number of ketones is 1. The zero-order valence-corrected chi connectivity index (χ0v) is 23.4. The Labute approximate surface area is 230 Å². The lowest BCUT2D eigenvalue weighted by molar-refractivity contribution is -0.125. The third-order valence-electron chi connectivity index (χ3n) is 7.45. The lowest BCUT2D eigenvalue weighted by atomic mass is 9.72. The van der Waals surface area contributed by atoms with Gasteiger partial charge in [0.05, 0.1) is 15.3 Å². The molecule has 9 heteroatoms. The van der Waals surface area contributed by atoms with E-state index in [-0.39, 0.29) is 29.7 Å². The molecule has 0 radical (unpaired) electrons. The van der Waals surface area contributed by atoms with Crippen molar-refractivity contribution in [3.63, 3.8) is 0 Å². The molecule has 37 heavy (non-hydrogen) atoms. The first kappa shape index (κ1) is 26.1. The number of nitrogens with zero attached hydrogens (tertiary/aromatic N) is 2. The first-order valence-electron chi connectivity index (χ1n) is 12.1. The summed E-state index contributed by atoms with van der Waals surface area (Å²) < 4.78 is 29.2. The van der Waals surface area contributed by atoms with E-state index in [1.54, 1.807) is 17.0 Å². The Kier molecular flexibility index (Phi) is 7.04. The van der Waals surface area contributed by atoms with Gasteiger partial charge in [0.25, 0.3) is 0 Å². The minimum absolute atomic E-state index is 0.0357. The topological polar surface area (TPSA) is 74.8 Å². The highest BCUT2D eigenvalue weighted by molar-refractivity contribution is 9.10. The highest BCUT2D eigenvalue weighted by Gasteiger charge is 2.48. The quantitative estimate of drug-likeness (QED) is 0.356. The SMILES string of the molecule is CC(=O)c1cccc(S(=O)(=O)N2CCC(C(=O)N3CCc4cc(Br)c(Cl)cc43)(c3ccccc3)CC2)c1. The normalized spacial score (nSPS) is 17.4. The first-order valence-corrected chi connectivity index (χ1v) is 14.7. The fourth-order valence-electron chi connectivity index (χ4n) is 5.37. The molecule has 1 fully saturated rings. The van der Waals surface area contributed by atoms with E-state index in [4.69, 9.17) is 11.6 Å². The summed E-state index contributed by atoms with van der Waals surface area (Å²) in [5.74, 6) is -0.228. The molecule has 192 valence electrons. The summed E-state index contributed by atoms with van der Waals surface area (Å²) in [6, 6.07) is 19.5. The number of fused-ring (bicyclic) bond motifs is 1. The molecule has 1 saturated heterocycles. The van der Waals surface area contributed by atoms with E-state index in [2.05, 4.69) is 15.9 Å². The predicted octanol–water partition coefficient (Wildman–Crippen LogP) is 5.62. The zero-order valence-electron chi connectivity index (χ0n) is 20.3. The highest BCUT2D eigenvalue weighted by atomic mass is 79.9. The minimum atomic E-state index is -3.82. The number of hydrogen-bond donors (Lipinski definition) is 0. The van der Waals surface area contributed by atoms with Crippen LogP contribution >= 0.6 is 27.5 Å². The van der Waals surface area contributed by atoms with Gasteiger partial charge in [-0.2, -0.15) is 4.31 Å². The zero-order chi connectivity index (χ0) is 26.4. The summed E-state index contributed by atoms with van der Waals surface area (Å²) in [5, 5.41) is 0.543. The molecule has 0 N–H and O–H groups in total. The maximum atomic E-state index is 14.3. The van der Waals surface area contributed by atoms with Gasteiger partial charge in [-0.05, 0) is 77.5 Å². The standard InChI is InChI=1S/C28H26BrClN2O4S/c1-19(33)20-6-5-9-23(16-20)37(35,36)31-14-11-28(12-15-31,22-7-3-2-4-8-22)27(34)32-13-10-21-17-24(29)25(30)18-26(21)32/h2-9,16-18H,10-15H2,1H3. The molecule has 0 aromatic heterocycles. The molecule has 6 nitrogen and oxygen atoms in total. The smallest absolute Gasteiger partial charge is 0.243 e. The molecule has 2 aliphatic heterocycles. The van der Waals surface area contributed by atoms with Crippen LogP contribution in [-0.2, 0) is 26.7 Å². The van der Waals surface area contributed by atoms with Crippen LogP contribution in [0.2, 0.25) is 5.02 Å². The van der Waals surface area contributed by atoms with Crippen LogP contribution in [-0.4, -0.2) is 44.0 Å². The molecule has 3 aromatic rings. The third kappa shape index (κ3) is 4.65. The van der Waals surface area contributed by atoms with Crippen molar-refractivity contribution in [2.24, 2.45) is 0 Å². The summed E-state index contributed by atoms with van der Waals surface area (Å²) in [6.45, 7) is 2.34. The van der Waals surface area contributed by atoms with Crippen molar-refractivity contribution in [1.29, 1.82) is 0 Å². The minimum Gasteiger partial charge on any atom is -0.311 e. The molecule has 5 rings (SSSR count). The Morgan fingerprint density at radius 3 is 2.32 bits per heavy atom.